The summed E-state index contributed by atoms with van der Waals surface area (Å²) in [5.74, 6) is 0.212. The molecule has 0 aliphatic carbocycles. The lowest BCUT2D eigenvalue weighted by molar-refractivity contribution is -0.130. The van der Waals surface area contributed by atoms with E-state index in [1.165, 1.54) is 0 Å². The van der Waals surface area contributed by atoms with Crippen LogP contribution < -0.4 is 10.1 Å². The van der Waals surface area contributed by atoms with E-state index in [1.54, 1.807) is 18.5 Å². The van der Waals surface area contributed by atoms with Crippen LogP contribution in [0.15, 0.2) is 42.7 Å². The van der Waals surface area contributed by atoms with Gasteiger partial charge in [0.1, 0.15) is 12.4 Å². The number of aromatic nitrogens is 1. The average molecular weight is 300 g/mol. The molecule has 5 heteroatoms. The van der Waals surface area contributed by atoms with Crippen molar-refractivity contribution in [2.75, 3.05) is 6.61 Å². The second-order valence-corrected chi connectivity index (χ2v) is 5.11. The largest absolute Gasteiger partial charge is 0.490 e. The van der Waals surface area contributed by atoms with Gasteiger partial charge in [-0.15, -0.1) is 0 Å². The van der Waals surface area contributed by atoms with Crippen molar-refractivity contribution in [1.29, 1.82) is 0 Å². The Hall–Kier alpha value is -2.40. The van der Waals surface area contributed by atoms with Crippen LogP contribution in [0.2, 0.25) is 0 Å². The van der Waals surface area contributed by atoms with Gasteiger partial charge in [0.2, 0.25) is 0 Å². The summed E-state index contributed by atoms with van der Waals surface area (Å²) in [6.45, 7) is 4.11. The highest BCUT2D eigenvalue weighted by atomic mass is 16.5. The second-order valence-electron chi connectivity index (χ2n) is 5.11. The van der Waals surface area contributed by atoms with Gasteiger partial charge in [0.15, 0.2) is 6.10 Å². The Bertz CT molecular complexity index is 643. The number of amides is 1. The van der Waals surface area contributed by atoms with Crippen molar-refractivity contribution in [2.45, 2.75) is 26.5 Å². The summed E-state index contributed by atoms with van der Waals surface area (Å²) in [4.78, 5) is 15.9. The van der Waals surface area contributed by atoms with Gasteiger partial charge in [-0.3, -0.25) is 9.78 Å². The number of carbonyl (C=O) groups is 1. The highest BCUT2D eigenvalue weighted by molar-refractivity contribution is 5.80. The summed E-state index contributed by atoms with van der Waals surface area (Å²) in [6.07, 6.45) is 2.20. The van der Waals surface area contributed by atoms with E-state index in [1.807, 2.05) is 38.1 Å². The third-order valence-corrected chi connectivity index (χ3v) is 3.38. The minimum atomic E-state index is -1.21. The van der Waals surface area contributed by atoms with Gasteiger partial charge in [-0.25, -0.2) is 0 Å². The lowest BCUT2D eigenvalue weighted by Gasteiger charge is -2.14. The van der Waals surface area contributed by atoms with Crippen LogP contribution in [-0.2, 0) is 11.3 Å². The number of aliphatic hydroxyl groups is 1. The topological polar surface area (TPSA) is 71.5 Å². The van der Waals surface area contributed by atoms with Gasteiger partial charge in [0.25, 0.3) is 5.91 Å². The van der Waals surface area contributed by atoms with Crippen LogP contribution in [-0.4, -0.2) is 28.7 Å². The standard InChI is InChI=1S/C17H20N2O3/c1-12-5-3-4-6-16(12)22-11-15(20)17(21)19-10-14-7-8-18-9-13(14)2/h3-9,15,20H,10-11H2,1-2H3,(H,19,21)/t15-/m1/s1. The lowest BCUT2D eigenvalue weighted by atomic mass is 10.1. The van der Waals surface area contributed by atoms with E-state index in [2.05, 4.69) is 10.3 Å². The number of carbonyl (C=O) groups excluding carboxylic acids is 1. The number of nitrogens with zero attached hydrogens (tertiary/aromatic N) is 1. The van der Waals surface area contributed by atoms with Crippen molar-refractivity contribution < 1.29 is 14.6 Å². The maximum absolute atomic E-state index is 11.9. The summed E-state index contributed by atoms with van der Waals surface area (Å²) in [5, 5.41) is 12.6. The Balaban J connectivity index is 1.82. The van der Waals surface area contributed by atoms with E-state index in [4.69, 9.17) is 4.74 Å². The Kier molecular flexibility index (Phi) is 5.49. The predicted octanol–water partition coefficient (Wildman–Crippen LogP) is 1.75. The molecule has 22 heavy (non-hydrogen) atoms. The summed E-state index contributed by atoms with van der Waals surface area (Å²) in [7, 11) is 0. The molecule has 0 spiro atoms. The van der Waals surface area contributed by atoms with Gasteiger partial charge in [-0.1, -0.05) is 18.2 Å². The van der Waals surface area contributed by atoms with Gasteiger partial charge in [0, 0.05) is 18.9 Å². The van der Waals surface area contributed by atoms with Gasteiger partial charge >= 0.3 is 0 Å². The van der Waals surface area contributed by atoms with Gasteiger partial charge in [-0.2, -0.15) is 0 Å². The third kappa shape index (κ3) is 4.30. The molecule has 0 radical (unpaired) electrons. The number of aryl methyl sites for hydroxylation is 2. The molecule has 2 N–H and O–H groups in total. The van der Waals surface area contributed by atoms with Crippen LogP contribution in [0.25, 0.3) is 0 Å². The van der Waals surface area contributed by atoms with Crippen molar-refractivity contribution in [3.8, 4) is 5.75 Å². The molecule has 1 aromatic carbocycles. The van der Waals surface area contributed by atoms with E-state index in [0.29, 0.717) is 12.3 Å². The minimum absolute atomic E-state index is 0.0774. The Labute approximate surface area is 130 Å². The molecule has 1 amide bonds. The number of hydrogen-bond acceptors (Lipinski definition) is 4. The molecule has 0 saturated heterocycles. The Morgan fingerprint density at radius 1 is 1.27 bits per heavy atom. The Morgan fingerprint density at radius 2 is 2.05 bits per heavy atom. The number of aliphatic hydroxyl groups excluding tert-OH is 1. The van der Waals surface area contributed by atoms with Crippen molar-refractivity contribution in [3.05, 3.63) is 59.4 Å². The van der Waals surface area contributed by atoms with Gasteiger partial charge in [-0.05, 0) is 42.7 Å². The summed E-state index contributed by atoms with van der Waals surface area (Å²) in [5.41, 5.74) is 2.92. The van der Waals surface area contributed by atoms with Crippen molar-refractivity contribution in [2.24, 2.45) is 0 Å². The van der Waals surface area contributed by atoms with Crippen molar-refractivity contribution in [3.63, 3.8) is 0 Å². The fourth-order valence-electron chi connectivity index (χ4n) is 1.96. The van der Waals surface area contributed by atoms with Crippen LogP contribution in [0.1, 0.15) is 16.7 Å². The van der Waals surface area contributed by atoms with E-state index in [-0.39, 0.29) is 6.61 Å². The number of benzene rings is 1. The zero-order valence-corrected chi connectivity index (χ0v) is 12.7. The van der Waals surface area contributed by atoms with Crippen LogP contribution >= 0.6 is 0 Å². The highest BCUT2D eigenvalue weighted by Crippen LogP contribution is 2.16. The van der Waals surface area contributed by atoms with E-state index in [0.717, 1.165) is 16.7 Å². The smallest absolute Gasteiger partial charge is 0.252 e. The number of rotatable bonds is 6. The first-order chi connectivity index (χ1) is 10.6. The summed E-state index contributed by atoms with van der Waals surface area (Å²) in [6, 6.07) is 9.31. The maximum Gasteiger partial charge on any atom is 0.252 e. The summed E-state index contributed by atoms with van der Waals surface area (Å²) < 4.78 is 5.47. The molecule has 0 fully saturated rings. The first kappa shape index (κ1) is 16.0. The molecule has 2 aromatic rings. The fourth-order valence-corrected chi connectivity index (χ4v) is 1.96. The van der Waals surface area contributed by atoms with Crippen molar-refractivity contribution >= 4 is 5.91 Å². The summed E-state index contributed by atoms with van der Waals surface area (Å²) >= 11 is 0. The average Bonchev–Trinajstić information content (AvgIpc) is 2.52. The molecule has 0 bridgehead atoms. The van der Waals surface area contributed by atoms with E-state index in [9.17, 15) is 9.90 Å². The normalized spacial score (nSPS) is 11.8. The Morgan fingerprint density at radius 3 is 2.77 bits per heavy atom. The van der Waals surface area contributed by atoms with Crippen molar-refractivity contribution in [1.82, 2.24) is 10.3 Å². The molecule has 1 heterocycles. The van der Waals surface area contributed by atoms with Crippen LogP contribution in [0.3, 0.4) is 0 Å². The number of para-hydroxylation sites is 1. The number of nitrogens with one attached hydrogen (secondary N) is 1. The van der Waals surface area contributed by atoms with E-state index < -0.39 is 12.0 Å². The molecule has 0 saturated carbocycles. The van der Waals surface area contributed by atoms with Crippen LogP contribution in [0.5, 0.6) is 5.75 Å². The number of hydrogen-bond donors (Lipinski definition) is 2. The van der Waals surface area contributed by atoms with Gasteiger partial charge in [0.05, 0.1) is 0 Å². The predicted molar refractivity (Wildman–Crippen MR) is 83.5 cm³/mol. The number of pyridine rings is 1. The maximum atomic E-state index is 11.9. The zero-order valence-electron chi connectivity index (χ0n) is 12.7. The third-order valence-electron chi connectivity index (χ3n) is 3.38. The molecule has 5 nitrogen and oxygen atoms in total. The lowest BCUT2D eigenvalue weighted by Crippen LogP contribution is -2.38. The first-order valence-corrected chi connectivity index (χ1v) is 7.11. The first-order valence-electron chi connectivity index (χ1n) is 7.11. The highest BCUT2D eigenvalue weighted by Gasteiger charge is 2.16. The molecular formula is C17H20N2O3. The molecule has 0 aliphatic heterocycles. The quantitative estimate of drug-likeness (QED) is 0.852. The molecule has 2 rings (SSSR count). The van der Waals surface area contributed by atoms with Crippen LogP contribution in [0, 0.1) is 13.8 Å². The molecular weight excluding hydrogens is 280 g/mol. The fraction of sp³-hybridized carbons (Fsp3) is 0.294. The molecule has 116 valence electrons. The second kappa shape index (κ2) is 7.56. The van der Waals surface area contributed by atoms with E-state index >= 15 is 0 Å². The zero-order chi connectivity index (χ0) is 15.9. The van der Waals surface area contributed by atoms with Crippen LogP contribution in [0.4, 0.5) is 0 Å². The molecule has 0 unspecified atom stereocenters. The SMILES string of the molecule is Cc1cnccc1CNC(=O)[C@H](O)COc1ccccc1C. The minimum Gasteiger partial charge on any atom is -0.490 e. The monoisotopic (exact) mass is 300 g/mol. The number of ether oxygens (including phenoxy) is 1. The molecule has 0 aliphatic rings. The molecule has 1 aromatic heterocycles. The molecule has 1 atom stereocenters. The van der Waals surface area contributed by atoms with Gasteiger partial charge < -0.3 is 15.2 Å².